The third-order valence-electron chi connectivity index (χ3n) is 3.86. The first kappa shape index (κ1) is 19.0. The molecule has 8 heteroatoms. The van der Waals surface area contributed by atoms with Gasteiger partial charge in [0.05, 0.1) is 5.56 Å². The predicted molar refractivity (Wildman–Crippen MR) is 97.3 cm³/mol. The van der Waals surface area contributed by atoms with Gasteiger partial charge in [0, 0.05) is 12.6 Å². The lowest BCUT2D eigenvalue weighted by Crippen LogP contribution is -2.22. The molecule has 0 unspecified atom stereocenters. The van der Waals surface area contributed by atoms with Crippen molar-refractivity contribution in [3.63, 3.8) is 0 Å². The lowest BCUT2D eigenvalue weighted by molar-refractivity contribution is -0.112. The molecule has 2 aromatic rings. The summed E-state index contributed by atoms with van der Waals surface area (Å²) in [6.45, 7) is 9.19. The number of amides is 2. The second kappa shape index (κ2) is 7.73. The van der Waals surface area contributed by atoms with Crippen LogP contribution in [-0.4, -0.2) is 34.2 Å². The van der Waals surface area contributed by atoms with Crippen LogP contribution in [0.4, 0.5) is 11.5 Å². The van der Waals surface area contributed by atoms with E-state index in [0.29, 0.717) is 18.5 Å². The van der Waals surface area contributed by atoms with Crippen molar-refractivity contribution < 1.29 is 24.3 Å². The van der Waals surface area contributed by atoms with Crippen LogP contribution in [-0.2, 0) is 9.59 Å². The van der Waals surface area contributed by atoms with Crippen molar-refractivity contribution in [3.05, 3.63) is 30.4 Å². The lowest BCUT2D eigenvalue weighted by Gasteiger charge is -2.14. The Hall–Kier alpha value is -3.29. The number of rotatable bonds is 7. The molecule has 0 saturated carbocycles. The molecule has 0 saturated heterocycles. The molecule has 0 atom stereocenters. The minimum absolute atomic E-state index is 0.0231. The van der Waals surface area contributed by atoms with Gasteiger partial charge in [-0.15, -0.1) is 0 Å². The highest BCUT2D eigenvalue weighted by Crippen LogP contribution is 2.43. The highest BCUT2D eigenvalue weighted by molar-refractivity contribution is 6.05. The van der Waals surface area contributed by atoms with Gasteiger partial charge in [-0.05, 0) is 30.5 Å². The molecule has 0 aliphatic heterocycles. The summed E-state index contributed by atoms with van der Waals surface area (Å²) >= 11 is 0. The molecular weight excluding hydrogens is 338 g/mol. The van der Waals surface area contributed by atoms with Crippen LogP contribution < -0.4 is 10.2 Å². The fourth-order valence-electron chi connectivity index (χ4n) is 2.46. The molecule has 0 radical (unpaired) electrons. The van der Waals surface area contributed by atoms with Crippen molar-refractivity contribution in [1.82, 2.24) is 5.16 Å². The number of hydrogen-bond donors (Lipinski definition) is 3. The number of carbonyl (C=O) groups is 2. The standard InChI is InChI=1S/C18H21N3O5/c1-5-15(25)19-16-17(26-20-18(16)21(6-2)9-22)12-7-11(10(3)4)13(23)8-14(12)24/h5,7-10,23-24H,1,6H2,2-4H3,(H,19,25). The van der Waals surface area contributed by atoms with Gasteiger partial charge < -0.3 is 20.1 Å². The van der Waals surface area contributed by atoms with E-state index in [1.165, 1.54) is 11.0 Å². The fourth-order valence-corrected chi connectivity index (χ4v) is 2.46. The number of nitrogens with zero attached hydrogens (tertiary/aromatic N) is 2. The summed E-state index contributed by atoms with van der Waals surface area (Å²) in [7, 11) is 0. The minimum Gasteiger partial charge on any atom is -0.508 e. The zero-order valence-corrected chi connectivity index (χ0v) is 14.8. The molecule has 3 N–H and O–H groups in total. The number of benzene rings is 1. The third kappa shape index (κ3) is 3.53. The van der Waals surface area contributed by atoms with E-state index in [1.807, 2.05) is 13.8 Å². The van der Waals surface area contributed by atoms with Crippen LogP contribution in [0.2, 0.25) is 0 Å². The monoisotopic (exact) mass is 359 g/mol. The highest BCUT2D eigenvalue weighted by atomic mass is 16.5. The van der Waals surface area contributed by atoms with Crippen LogP contribution in [0.15, 0.2) is 29.3 Å². The van der Waals surface area contributed by atoms with E-state index < -0.39 is 5.91 Å². The van der Waals surface area contributed by atoms with E-state index in [9.17, 15) is 19.8 Å². The molecule has 0 fully saturated rings. The van der Waals surface area contributed by atoms with Gasteiger partial charge in [0.15, 0.2) is 5.76 Å². The molecule has 138 valence electrons. The molecule has 1 aromatic heterocycles. The number of hydrogen-bond acceptors (Lipinski definition) is 6. The molecule has 1 aromatic carbocycles. The number of nitrogens with one attached hydrogen (secondary N) is 1. The molecule has 8 nitrogen and oxygen atoms in total. The summed E-state index contributed by atoms with van der Waals surface area (Å²) in [5.74, 6) is -0.690. The van der Waals surface area contributed by atoms with Gasteiger partial charge >= 0.3 is 0 Å². The largest absolute Gasteiger partial charge is 0.508 e. The summed E-state index contributed by atoms with van der Waals surface area (Å²) in [4.78, 5) is 24.3. The SMILES string of the molecule is C=CC(=O)Nc1c(N(C=O)CC)noc1-c1cc(C(C)C)c(O)cc1O. The van der Waals surface area contributed by atoms with Crippen molar-refractivity contribution >= 4 is 23.8 Å². The average Bonchev–Trinajstić information content (AvgIpc) is 2.99. The smallest absolute Gasteiger partial charge is 0.247 e. The first-order valence-corrected chi connectivity index (χ1v) is 8.05. The number of anilines is 2. The Bertz CT molecular complexity index is 842. The number of phenols is 2. The van der Waals surface area contributed by atoms with Crippen molar-refractivity contribution in [2.45, 2.75) is 26.7 Å². The molecule has 0 aliphatic rings. The van der Waals surface area contributed by atoms with Crippen LogP contribution in [0.5, 0.6) is 11.5 Å². The predicted octanol–water partition coefficient (Wildman–Crippen LogP) is 2.98. The summed E-state index contributed by atoms with van der Waals surface area (Å²) < 4.78 is 5.33. The van der Waals surface area contributed by atoms with Crippen molar-refractivity contribution in [2.75, 3.05) is 16.8 Å². The number of aromatic nitrogens is 1. The van der Waals surface area contributed by atoms with Gasteiger partial charge in [-0.2, -0.15) is 0 Å². The first-order valence-electron chi connectivity index (χ1n) is 8.05. The van der Waals surface area contributed by atoms with E-state index in [2.05, 4.69) is 17.1 Å². The Morgan fingerprint density at radius 2 is 2.08 bits per heavy atom. The third-order valence-corrected chi connectivity index (χ3v) is 3.86. The summed E-state index contributed by atoms with van der Waals surface area (Å²) in [6, 6.07) is 2.75. The van der Waals surface area contributed by atoms with Crippen LogP contribution in [0.3, 0.4) is 0 Å². The van der Waals surface area contributed by atoms with Gasteiger partial charge in [-0.3, -0.25) is 14.5 Å². The maximum Gasteiger partial charge on any atom is 0.247 e. The minimum atomic E-state index is -0.528. The normalized spacial score (nSPS) is 10.6. The van der Waals surface area contributed by atoms with Gasteiger partial charge in [0.2, 0.25) is 18.1 Å². The van der Waals surface area contributed by atoms with Gasteiger partial charge in [-0.25, -0.2) is 0 Å². The van der Waals surface area contributed by atoms with Crippen LogP contribution >= 0.6 is 0 Å². The zero-order chi connectivity index (χ0) is 19.4. The molecule has 0 aliphatic carbocycles. The van der Waals surface area contributed by atoms with E-state index in [0.717, 1.165) is 6.08 Å². The highest BCUT2D eigenvalue weighted by Gasteiger charge is 2.26. The molecule has 0 bridgehead atoms. The second-order valence-corrected chi connectivity index (χ2v) is 5.88. The van der Waals surface area contributed by atoms with Crippen LogP contribution in [0.1, 0.15) is 32.3 Å². The number of carbonyl (C=O) groups excluding carboxylic acids is 2. The zero-order valence-electron chi connectivity index (χ0n) is 14.8. The molecule has 2 amide bonds. The van der Waals surface area contributed by atoms with Crippen LogP contribution in [0.25, 0.3) is 11.3 Å². The Morgan fingerprint density at radius 1 is 1.38 bits per heavy atom. The Balaban J connectivity index is 2.69. The summed E-state index contributed by atoms with van der Waals surface area (Å²) in [6.07, 6.45) is 1.62. The quantitative estimate of drug-likeness (QED) is 0.517. The Kier molecular flexibility index (Phi) is 5.66. The number of aromatic hydroxyl groups is 2. The van der Waals surface area contributed by atoms with Crippen molar-refractivity contribution in [1.29, 1.82) is 0 Å². The van der Waals surface area contributed by atoms with Crippen molar-refractivity contribution in [3.8, 4) is 22.8 Å². The molecule has 2 rings (SSSR count). The van der Waals surface area contributed by atoms with E-state index in [1.54, 1.807) is 13.0 Å². The molecule has 1 heterocycles. The topological polar surface area (TPSA) is 116 Å². The fraction of sp³-hybridized carbons (Fsp3) is 0.278. The maximum absolute atomic E-state index is 11.8. The number of phenolic OH excluding ortho intramolecular Hbond substituents is 2. The molecular formula is C18H21N3O5. The first-order chi connectivity index (χ1) is 12.3. The van der Waals surface area contributed by atoms with Gasteiger partial charge in [-0.1, -0.05) is 25.6 Å². The maximum atomic E-state index is 11.8. The van der Waals surface area contributed by atoms with E-state index in [4.69, 9.17) is 4.52 Å². The van der Waals surface area contributed by atoms with E-state index >= 15 is 0 Å². The summed E-state index contributed by atoms with van der Waals surface area (Å²) in [5.41, 5.74) is 0.936. The van der Waals surface area contributed by atoms with Crippen LogP contribution in [0, 0.1) is 0 Å². The summed E-state index contributed by atoms with van der Waals surface area (Å²) in [5, 5.41) is 26.7. The van der Waals surface area contributed by atoms with Crippen molar-refractivity contribution in [2.24, 2.45) is 0 Å². The average molecular weight is 359 g/mol. The Morgan fingerprint density at radius 3 is 2.62 bits per heavy atom. The van der Waals surface area contributed by atoms with E-state index in [-0.39, 0.29) is 40.2 Å². The van der Waals surface area contributed by atoms with Gasteiger partial charge in [0.1, 0.15) is 17.2 Å². The molecule has 26 heavy (non-hydrogen) atoms. The lowest BCUT2D eigenvalue weighted by atomic mass is 9.97. The second-order valence-electron chi connectivity index (χ2n) is 5.88. The van der Waals surface area contributed by atoms with Gasteiger partial charge in [0.25, 0.3) is 0 Å². The Labute approximate surface area is 150 Å². The molecule has 0 spiro atoms.